The van der Waals surface area contributed by atoms with E-state index in [0.29, 0.717) is 5.56 Å². The Morgan fingerprint density at radius 2 is 2.00 bits per heavy atom. The van der Waals surface area contributed by atoms with Gasteiger partial charge < -0.3 is 4.57 Å². The van der Waals surface area contributed by atoms with Gasteiger partial charge in [0, 0.05) is 17.8 Å². The third-order valence-corrected chi connectivity index (χ3v) is 3.90. The third-order valence-electron chi connectivity index (χ3n) is 3.90. The van der Waals surface area contributed by atoms with Crippen LogP contribution in [0.1, 0.15) is 11.1 Å². The van der Waals surface area contributed by atoms with Crippen LogP contribution in [0.3, 0.4) is 0 Å². The molecule has 2 aromatic carbocycles. The van der Waals surface area contributed by atoms with Crippen molar-refractivity contribution >= 4 is 32.8 Å². The molecular formula is C17H12N4. The van der Waals surface area contributed by atoms with Crippen molar-refractivity contribution in [2.45, 2.75) is 6.92 Å². The molecule has 0 spiro atoms. The van der Waals surface area contributed by atoms with E-state index < -0.39 is 0 Å². The fraction of sp³-hybridized carbons (Fsp3) is 0.118. The number of aromatic nitrogens is 3. The lowest BCUT2D eigenvalue weighted by molar-refractivity contribution is 0.948. The van der Waals surface area contributed by atoms with Gasteiger partial charge in [-0.1, -0.05) is 12.1 Å². The van der Waals surface area contributed by atoms with Gasteiger partial charge in [0.1, 0.15) is 6.07 Å². The van der Waals surface area contributed by atoms with Crippen LogP contribution >= 0.6 is 0 Å². The summed E-state index contributed by atoms with van der Waals surface area (Å²) in [6.07, 6.45) is 1.77. The average Bonchev–Trinajstić information content (AvgIpc) is 2.86. The minimum atomic E-state index is 0.652. The molecule has 0 aliphatic heterocycles. The van der Waals surface area contributed by atoms with Crippen LogP contribution in [-0.4, -0.2) is 14.5 Å². The van der Waals surface area contributed by atoms with Gasteiger partial charge in [-0.15, -0.1) is 0 Å². The minimum Gasteiger partial charge on any atom is -0.334 e. The van der Waals surface area contributed by atoms with E-state index in [9.17, 15) is 5.26 Å². The van der Waals surface area contributed by atoms with Crippen molar-refractivity contribution in [1.29, 1.82) is 5.26 Å². The molecule has 4 aromatic rings. The number of nitrogens with zero attached hydrogens (tertiary/aromatic N) is 4. The van der Waals surface area contributed by atoms with Crippen LogP contribution in [0, 0.1) is 18.3 Å². The Morgan fingerprint density at radius 1 is 1.14 bits per heavy atom. The lowest BCUT2D eigenvalue weighted by Crippen LogP contribution is -1.91. The van der Waals surface area contributed by atoms with E-state index in [0.717, 1.165) is 38.4 Å². The maximum absolute atomic E-state index is 9.66. The Morgan fingerprint density at radius 3 is 2.81 bits per heavy atom. The summed E-state index contributed by atoms with van der Waals surface area (Å²) in [4.78, 5) is 9.16. The zero-order valence-corrected chi connectivity index (χ0v) is 11.8. The summed E-state index contributed by atoms with van der Waals surface area (Å²) in [6, 6.07) is 12.3. The van der Waals surface area contributed by atoms with Crippen LogP contribution < -0.4 is 0 Å². The molecule has 0 amide bonds. The summed E-state index contributed by atoms with van der Waals surface area (Å²) in [5.41, 5.74) is 5.30. The molecule has 2 heterocycles. The lowest BCUT2D eigenvalue weighted by Gasteiger charge is -2.07. The normalized spacial score (nSPS) is 11.3. The van der Waals surface area contributed by atoms with E-state index in [1.165, 1.54) is 0 Å². The predicted molar refractivity (Wildman–Crippen MR) is 83.0 cm³/mol. The first-order valence-corrected chi connectivity index (χ1v) is 6.73. The molecule has 4 heteroatoms. The second-order valence-corrected chi connectivity index (χ2v) is 5.30. The van der Waals surface area contributed by atoms with Crippen LogP contribution in [0.2, 0.25) is 0 Å². The van der Waals surface area contributed by atoms with Gasteiger partial charge in [-0.3, -0.25) is 0 Å². The van der Waals surface area contributed by atoms with Crippen molar-refractivity contribution < 1.29 is 0 Å². The van der Waals surface area contributed by atoms with Gasteiger partial charge in [-0.2, -0.15) is 5.26 Å². The number of imidazole rings is 1. The summed E-state index contributed by atoms with van der Waals surface area (Å²) >= 11 is 0. The maximum Gasteiger partial charge on any atom is 0.101 e. The quantitative estimate of drug-likeness (QED) is 0.461. The zero-order valence-electron chi connectivity index (χ0n) is 11.8. The molecule has 0 fully saturated rings. The van der Waals surface area contributed by atoms with Gasteiger partial charge in [0.15, 0.2) is 0 Å². The average molecular weight is 272 g/mol. The molecular weight excluding hydrogens is 260 g/mol. The third kappa shape index (κ3) is 1.55. The standard InChI is InChI=1S/C17H12N4/c1-10-3-4-11-12(8-18)16-13(20-14(11)7-10)5-6-15-17(16)19-9-21(15)2/h3-7,9H,1-2H3. The highest BCUT2D eigenvalue weighted by atomic mass is 15.0. The van der Waals surface area contributed by atoms with E-state index in [1.807, 2.05) is 48.9 Å². The highest BCUT2D eigenvalue weighted by molar-refractivity contribution is 6.11. The van der Waals surface area contributed by atoms with Gasteiger partial charge >= 0.3 is 0 Å². The van der Waals surface area contributed by atoms with Crippen molar-refractivity contribution in [3.63, 3.8) is 0 Å². The highest BCUT2D eigenvalue weighted by Crippen LogP contribution is 2.30. The van der Waals surface area contributed by atoms with E-state index in [1.54, 1.807) is 6.33 Å². The first-order chi connectivity index (χ1) is 10.2. The fourth-order valence-electron chi connectivity index (χ4n) is 2.86. The topological polar surface area (TPSA) is 54.5 Å². The van der Waals surface area contributed by atoms with Crippen LogP contribution in [-0.2, 0) is 7.05 Å². The van der Waals surface area contributed by atoms with Crippen LogP contribution in [0.4, 0.5) is 0 Å². The summed E-state index contributed by atoms with van der Waals surface area (Å²) in [5.74, 6) is 0. The van der Waals surface area contributed by atoms with Gasteiger partial charge in [0.05, 0.1) is 34.0 Å². The number of pyridine rings is 1. The Hall–Kier alpha value is -2.93. The van der Waals surface area contributed by atoms with Crippen LogP contribution in [0.5, 0.6) is 0 Å². The van der Waals surface area contributed by atoms with Gasteiger partial charge in [0.25, 0.3) is 0 Å². The second-order valence-electron chi connectivity index (χ2n) is 5.30. The van der Waals surface area contributed by atoms with Crippen molar-refractivity contribution in [2.75, 3.05) is 0 Å². The minimum absolute atomic E-state index is 0.652. The first kappa shape index (κ1) is 11.9. The lowest BCUT2D eigenvalue weighted by atomic mass is 10.0. The SMILES string of the molecule is Cc1ccc2c(C#N)c3c(ccc4c3ncn4C)nc2c1. The van der Waals surface area contributed by atoms with Gasteiger partial charge in [-0.25, -0.2) is 9.97 Å². The van der Waals surface area contributed by atoms with Gasteiger partial charge in [0.2, 0.25) is 0 Å². The summed E-state index contributed by atoms with van der Waals surface area (Å²) in [7, 11) is 1.95. The van der Waals surface area contributed by atoms with E-state index in [-0.39, 0.29) is 0 Å². The molecule has 2 aromatic heterocycles. The number of nitriles is 1. The number of hydrogen-bond acceptors (Lipinski definition) is 3. The van der Waals surface area contributed by atoms with Crippen LogP contribution in [0.15, 0.2) is 36.7 Å². The number of aryl methyl sites for hydroxylation is 2. The summed E-state index contributed by atoms with van der Waals surface area (Å²) in [5, 5.41) is 11.4. The second kappa shape index (κ2) is 4.03. The van der Waals surface area contributed by atoms with Crippen molar-refractivity contribution in [1.82, 2.24) is 14.5 Å². The molecule has 0 aliphatic carbocycles. The maximum atomic E-state index is 9.66. The smallest absolute Gasteiger partial charge is 0.101 e. The summed E-state index contributed by atoms with van der Waals surface area (Å²) < 4.78 is 1.95. The number of rotatable bonds is 0. The Bertz CT molecular complexity index is 1070. The molecule has 0 atom stereocenters. The van der Waals surface area contributed by atoms with Crippen molar-refractivity contribution in [3.05, 3.63) is 47.8 Å². The molecule has 21 heavy (non-hydrogen) atoms. The highest BCUT2D eigenvalue weighted by Gasteiger charge is 2.14. The van der Waals surface area contributed by atoms with E-state index in [4.69, 9.17) is 4.98 Å². The summed E-state index contributed by atoms with van der Waals surface area (Å²) in [6.45, 7) is 2.03. The Labute approximate surface area is 121 Å². The Balaban J connectivity index is 2.33. The van der Waals surface area contributed by atoms with E-state index >= 15 is 0 Å². The molecule has 0 unspecified atom stereocenters. The largest absolute Gasteiger partial charge is 0.334 e. The predicted octanol–water partition coefficient (Wildman–Crippen LogP) is 3.45. The van der Waals surface area contributed by atoms with Crippen molar-refractivity contribution in [3.8, 4) is 6.07 Å². The van der Waals surface area contributed by atoms with Crippen LogP contribution in [0.25, 0.3) is 32.8 Å². The zero-order chi connectivity index (χ0) is 14.6. The molecule has 0 saturated carbocycles. The van der Waals surface area contributed by atoms with E-state index in [2.05, 4.69) is 11.1 Å². The molecule has 4 rings (SSSR count). The first-order valence-electron chi connectivity index (χ1n) is 6.73. The number of hydrogen-bond donors (Lipinski definition) is 0. The van der Waals surface area contributed by atoms with Crippen molar-refractivity contribution in [2.24, 2.45) is 7.05 Å². The molecule has 100 valence electrons. The molecule has 0 aliphatic rings. The fourth-order valence-corrected chi connectivity index (χ4v) is 2.86. The number of fused-ring (bicyclic) bond motifs is 4. The molecule has 0 saturated heterocycles. The molecule has 0 bridgehead atoms. The molecule has 0 N–H and O–H groups in total. The molecule has 0 radical (unpaired) electrons. The monoisotopic (exact) mass is 272 g/mol. The molecule has 4 nitrogen and oxygen atoms in total. The number of benzene rings is 2. The Kier molecular flexibility index (Phi) is 2.28. The van der Waals surface area contributed by atoms with Gasteiger partial charge in [-0.05, 0) is 30.7 Å².